The highest BCUT2D eigenvalue weighted by molar-refractivity contribution is 5.75. The maximum atomic E-state index is 10.9. The molecule has 1 rings (SSSR count). The van der Waals surface area contributed by atoms with Crippen LogP contribution >= 0.6 is 0 Å². The number of hydrogen-bond donors (Lipinski definition) is 1. The molecule has 1 N–H and O–H groups in total. The number of aryl methyl sites for hydroxylation is 1. The first-order valence-electron chi connectivity index (χ1n) is 4.62. The van der Waals surface area contributed by atoms with Crippen LogP contribution in [-0.4, -0.2) is 19.6 Å². The molecule has 0 spiro atoms. The molecule has 0 heterocycles. The van der Waals surface area contributed by atoms with E-state index in [1.807, 2.05) is 31.2 Å². The molecule has 3 heteroatoms. The van der Waals surface area contributed by atoms with Gasteiger partial charge in [0.15, 0.2) is 0 Å². The average Bonchev–Trinajstić information content (AvgIpc) is 2.21. The minimum atomic E-state index is -0.00267. The van der Waals surface area contributed by atoms with Gasteiger partial charge in [0, 0.05) is 7.05 Å². The third-order valence-electron chi connectivity index (χ3n) is 1.90. The quantitative estimate of drug-likeness (QED) is 0.787. The first kappa shape index (κ1) is 10.6. The highest BCUT2D eigenvalue weighted by Crippen LogP contribution is 2.11. The molecule has 0 unspecified atom stereocenters. The van der Waals surface area contributed by atoms with Gasteiger partial charge in [0.1, 0.15) is 5.75 Å². The minimum absolute atomic E-state index is 0.00267. The summed E-state index contributed by atoms with van der Waals surface area (Å²) < 4.78 is 5.37. The van der Waals surface area contributed by atoms with Gasteiger partial charge >= 0.3 is 0 Å². The predicted molar refractivity (Wildman–Crippen MR) is 55.4 cm³/mol. The third kappa shape index (κ3) is 3.47. The summed E-state index contributed by atoms with van der Waals surface area (Å²) in [6.45, 7) is 2.44. The van der Waals surface area contributed by atoms with Crippen molar-refractivity contribution in [2.24, 2.45) is 0 Å². The van der Waals surface area contributed by atoms with E-state index in [9.17, 15) is 4.79 Å². The van der Waals surface area contributed by atoms with Crippen molar-refractivity contribution in [2.45, 2.75) is 13.3 Å². The van der Waals surface area contributed by atoms with Gasteiger partial charge in [-0.1, -0.05) is 17.7 Å². The van der Waals surface area contributed by atoms with Crippen LogP contribution in [0.15, 0.2) is 24.3 Å². The predicted octanol–water partition coefficient (Wildman–Crippen LogP) is 1.51. The smallest absolute Gasteiger partial charge is 0.223 e. The van der Waals surface area contributed by atoms with Crippen molar-refractivity contribution in [1.82, 2.24) is 5.32 Å². The fourth-order valence-corrected chi connectivity index (χ4v) is 1.02. The summed E-state index contributed by atoms with van der Waals surface area (Å²) in [7, 11) is 1.62. The fraction of sp³-hybridized carbons (Fsp3) is 0.364. The fourth-order valence-electron chi connectivity index (χ4n) is 1.02. The number of rotatable bonds is 4. The molecular formula is C11H15NO2. The zero-order valence-electron chi connectivity index (χ0n) is 8.54. The second kappa shape index (κ2) is 5.27. The summed E-state index contributed by atoms with van der Waals surface area (Å²) in [4.78, 5) is 10.9. The number of hydrogen-bond acceptors (Lipinski definition) is 2. The minimum Gasteiger partial charge on any atom is -0.493 e. The second-order valence-corrected chi connectivity index (χ2v) is 3.08. The van der Waals surface area contributed by atoms with Crippen LogP contribution in [0.25, 0.3) is 0 Å². The molecule has 0 atom stereocenters. The molecule has 0 saturated heterocycles. The highest BCUT2D eigenvalue weighted by Gasteiger charge is 1.98. The standard InChI is InChI=1S/C11H15NO2/c1-9-3-5-10(6-4-9)14-8-7-11(13)12-2/h3-6H,7-8H2,1-2H3,(H,12,13). The molecule has 0 aliphatic heterocycles. The van der Waals surface area contributed by atoms with Crippen molar-refractivity contribution < 1.29 is 9.53 Å². The summed E-state index contributed by atoms with van der Waals surface area (Å²) in [5.74, 6) is 0.802. The number of carbonyl (C=O) groups excluding carboxylic acids is 1. The Morgan fingerprint density at radius 3 is 2.57 bits per heavy atom. The molecule has 0 aliphatic rings. The summed E-state index contributed by atoms with van der Waals surface area (Å²) >= 11 is 0. The van der Waals surface area contributed by atoms with Crippen LogP contribution in [0.1, 0.15) is 12.0 Å². The number of benzene rings is 1. The average molecular weight is 193 g/mol. The van der Waals surface area contributed by atoms with Crippen LogP contribution in [0.3, 0.4) is 0 Å². The van der Waals surface area contributed by atoms with Crippen molar-refractivity contribution in [3.63, 3.8) is 0 Å². The molecule has 0 radical (unpaired) electrons. The molecule has 0 aliphatic carbocycles. The van der Waals surface area contributed by atoms with Crippen LogP contribution < -0.4 is 10.1 Å². The van der Waals surface area contributed by atoms with E-state index in [2.05, 4.69) is 5.32 Å². The highest BCUT2D eigenvalue weighted by atomic mass is 16.5. The van der Waals surface area contributed by atoms with Gasteiger partial charge in [0.05, 0.1) is 13.0 Å². The van der Waals surface area contributed by atoms with Gasteiger partial charge < -0.3 is 10.1 Å². The van der Waals surface area contributed by atoms with E-state index in [0.29, 0.717) is 13.0 Å². The van der Waals surface area contributed by atoms with Crippen LogP contribution in [-0.2, 0) is 4.79 Å². The number of nitrogens with one attached hydrogen (secondary N) is 1. The van der Waals surface area contributed by atoms with Crippen LogP contribution in [0.2, 0.25) is 0 Å². The Morgan fingerprint density at radius 2 is 2.00 bits per heavy atom. The Labute approximate surface area is 84.1 Å². The Kier molecular flexibility index (Phi) is 3.98. The molecule has 0 saturated carbocycles. The molecule has 1 aromatic carbocycles. The van der Waals surface area contributed by atoms with Crippen molar-refractivity contribution in [1.29, 1.82) is 0 Å². The number of ether oxygens (including phenoxy) is 1. The van der Waals surface area contributed by atoms with E-state index in [0.717, 1.165) is 5.75 Å². The monoisotopic (exact) mass is 193 g/mol. The van der Waals surface area contributed by atoms with Gasteiger partial charge in [-0.2, -0.15) is 0 Å². The van der Waals surface area contributed by atoms with E-state index in [1.54, 1.807) is 7.05 Å². The molecule has 14 heavy (non-hydrogen) atoms. The van der Waals surface area contributed by atoms with Crippen LogP contribution in [0.5, 0.6) is 5.75 Å². The first-order valence-corrected chi connectivity index (χ1v) is 4.62. The van der Waals surface area contributed by atoms with Crippen molar-refractivity contribution in [2.75, 3.05) is 13.7 Å². The molecule has 1 amide bonds. The maximum absolute atomic E-state index is 10.9. The van der Waals surface area contributed by atoms with Crippen LogP contribution in [0, 0.1) is 6.92 Å². The van der Waals surface area contributed by atoms with Gasteiger partial charge in [-0.15, -0.1) is 0 Å². The number of carbonyl (C=O) groups is 1. The zero-order chi connectivity index (χ0) is 10.4. The molecule has 0 bridgehead atoms. The Bertz CT molecular complexity index is 293. The Morgan fingerprint density at radius 1 is 1.36 bits per heavy atom. The largest absolute Gasteiger partial charge is 0.493 e. The first-order chi connectivity index (χ1) is 6.72. The Balaban J connectivity index is 2.31. The van der Waals surface area contributed by atoms with E-state index >= 15 is 0 Å². The third-order valence-corrected chi connectivity index (χ3v) is 1.90. The van der Waals surface area contributed by atoms with Gasteiger partial charge in [0.25, 0.3) is 0 Å². The van der Waals surface area contributed by atoms with Crippen LogP contribution in [0.4, 0.5) is 0 Å². The summed E-state index contributed by atoms with van der Waals surface area (Å²) in [6.07, 6.45) is 0.393. The van der Waals surface area contributed by atoms with E-state index < -0.39 is 0 Å². The lowest BCUT2D eigenvalue weighted by Gasteiger charge is -2.05. The lowest BCUT2D eigenvalue weighted by Crippen LogP contribution is -2.20. The molecule has 76 valence electrons. The maximum Gasteiger partial charge on any atom is 0.223 e. The SMILES string of the molecule is CNC(=O)CCOc1ccc(C)cc1. The van der Waals surface area contributed by atoms with Crippen molar-refractivity contribution >= 4 is 5.91 Å². The van der Waals surface area contributed by atoms with Gasteiger partial charge in [-0.25, -0.2) is 0 Å². The lowest BCUT2D eigenvalue weighted by molar-refractivity contribution is -0.121. The normalized spacial score (nSPS) is 9.57. The summed E-state index contributed by atoms with van der Waals surface area (Å²) in [5, 5.41) is 2.54. The summed E-state index contributed by atoms with van der Waals surface area (Å²) in [6, 6.07) is 7.77. The molecular weight excluding hydrogens is 178 g/mol. The van der Waals surface area contributed by atoms with E-state index in [-0.39, 0.29) is 5.91 Å². The molecule has 3 nitrogen and oxygen atoms in total. The topological polar surface area (TPSA) is 38.3 Å². The van der Waals surface area contributed by atoms with E-state index in [1.165, 1.54) is 5.56 Å². The number of amides is 1. The molecule has 0 fully saturated rings. The summed E-state index contributed by atoms with van der Waals surface area (Å²) in [5.41, 5.74) is 1.20. The van der Waals surface area contributed by atoms with Crippen molar-refractivity contribution in [3.8, 4) is 5.75 Å². The molecule has 0 aromatic heterocycles. The molecule has 1 aromatic rings. The Hall–Kier alpha value is -1.51. The lowest BCUT2D eigenvalue weighted by atomic mass is 10.2. The van der Waals surface area contributed by atoms with E-state index in [4.69, 9.17) is 4.74 Å². The van der Waals surface area contributed by atoms with Gasteiger partial charge in [-0.3, -0.25) is 4.79 Å². The zero-order valence-corrected chi connectivity index (χ0v) is 8.54. The van der Waals surface area contributed by atoms with Crippen molar-refractivity contribution in [3.05, 3.63) is 29.8 Å². The van der Waals surface area contributed by atoms with Gasteiger partial charge in [-0.05, 0) is 19.1 Å². The second-order valence-electron chi connectivity index (χ2n) is 3.08. The van der Waals surface area contributed by atoms with Gasteiger partial charge in [0.2, 0.25) is 5.91 Å².